The van der Waals surface area contributed by atoms with Crippen LogP contribution in [0.5, 0.6) is 0 Å². The fourth-order valence-corrected chi connectivity index (χ4v) is 3.50. The molecule has 0 N–H and O–H groups in total. The lowest BCUT2D eigenvalue weighted by Crippen LogP contribution is -2.14. The van der Waals surface area contributed by atoms with E-state index in [1.807, 2.05) is 0 Å². The average molecular weight is 313 g/mol. The summed E-state index contributed by atoms with van der Waals surface area (Å²) in [5, 5.41) is 0.574. The van der Waals surface area contributed by atoms with Gasteiger partial charge in [0, 0.05) is 10.6 Å². The Morgan fingerprint density at radius 1 is 1.40 bits per heavy atom. The number of ketones is 1. The summed E-state index contributed by atoms with van der Waals surface area (Å²) in [6.45, 7) is 0. The van der Waals surface area contributed by atoms with Crippen LogP contribution in [-0.4, -0.2) is 30.4 Å². The van der Waals surface area contributed by atoms with E-state index in [1.165, 1.54) is 7.11 Å². The smallest absolute Gasteiger partial charge is 0.306 e. The second-order valence-corrected chi connectivity index (χ2v) is 6.60. The van der Waals surface area contributed by atoms with Gasteiger partial charge in [0.15, 0.2) is 5.78 Å². The Kier molecular flexibility index (Phi) is 5.11. The van der Waals surface area contributed by atoms with Gasteiger partial charge in [-0.25, -0.2) is 0 Å². The number of Topliss-reactive ketones (excluding diaryl/α,β-unsaturated/α-hetero) is 1. The van der Waals surface area contributed by atoms with E-state index in [-0.39, 0.29) is 17.2 Å². The minimum Gasteiger partial charge on any atom is -0.469 e. The van der Waals surface area contributed by atoms with E-state index >= 15 is 0 Å². The van der Waals surface area contributed by atoms with Crippen LogP contribution in [0.4, 0.5) is 0 Å². The second kappa shape index (κ2) is 6.64. The highest BCUT2D eigenvalue weighted by Crippen LogP contribution is 2.51. The lowest BCUT2D eigenvalue weighted by Gasteiger charge is -2.12. The van der Waals surface area contributed by atoms with Crippen molar-refractivity contribution in [1.29, 1.82) is 0 Å². The van der Waals surface area contributed by atoms with Crippen LogP contribution >= 0.6 is 23.4 Å². The van der Waals surface area contributed by atoms with E-state index in [1.54, 1.807) is 36.0 Å². The van der Waals surface area contributed by atoms with Crippen LogP contribution in [-0.2, 0) is 9.53 Å². The number of hydrogen-bond acceptors (Lipinski definition) is 4. The third-order valence-electron chi connectivity index (χ3n) is 3.49. The molecule has 0 unspecified atom stereocenters. The topological polar surface area (TPSA) is 43.4 Å². The lowest BCUT2D eigenvalue weighted by molar-refractivity contribution is -0.141. The number of halogens is 1. The number of benzene rings is 1. The first-order valence-electron chi connectivity index (χ1n) is 6.48. The van der Waals surface area contributed by atoms with Gasteiger partial charge in [-0.1, -0.05) is 23.7 Å². The third-order valence-corrected chi connectivity index (χ3v) is 5.01. The van der Waals surface area contributed by atoms with Crippen molar-refractivity contribution in [2.45, 2.75) is 19.3 Å². The van der Waals surface area contributed by atoms with Crippen molar-refractivity contribution >= 4 is 35.1 Å². The minimum atomic E-state index is -0.163. The van der Waals surface area contributed by atoms with Crippen molar-refractivity contribution in [2.24, 2.45) is 5.41 Å². The molecule has 0 radical (unpaired) electrons. The van der Waals surface area contributed by atoms with Crippen molar-refractivity contribution < 1.29 is 14.3 Å². The first kappa shape index (κ1) is 15.4. The maximum absolute atomic E-state index is 12.0. The maximum Gasteiger partial charge on any atom is 0.306 e. The van der Waals surface area contributed by atoms with Crippen LogP contribution in [0.15, 0.2) is 24.3 Å². The zero-order chi connectivity index (χ0) is 14.6. The Labute approximate surface area is 128 Å². The Morgan fingerprint density at radius 3 is 2.75 bits per heavy atom. The number of methoxy groups -OCH3 is 1. The summed E-state index contributed by atoms with van der Waals surface area (Å²) in [6.07, 6.45) is 2.54. The number of hydrogen-bond donors (Lipinski definition) is 0. The second-order valence-electron chi connectivity index (χ2n) is 5.18. The van der Waals surface area contributed by atoms with Crippen molar-refractivity contribution in [3.63, 3.8) is 0 Å². The lowest BCUT2D eigenvalue weighted by atomic mass is 10.1. The van der Waals surface area contributed by atoms with Crippen LogP contribution in [0.25, 0.3) is 0 Å². The Balaban J connectivity index is 1.79. The van der Waals surface area contributed by atoms with Gasteiger partial charge in [0.05, 0.1) is 19.3 Å². The summed E-state index contributed by atoms with van der Waals surface area (Å²) in [7, 11) is 1.41. The molecule has 0 spiro atoms. The fourth-order valence-electron chi connectivity index (χ4n) is 2.03. The Morgan fingerprint density at radius 2 is 2.15 bits per heavy atom. The van der Waals surface area contributed by atoms with Gasteiger partial charge in [-0.3, -0.25) is 9.59 Å². The summed E-state index contributed by atoms with van der Waals surface area (Å²) in [5.74, 6) is 1.16. The number of carbonyl (C=O) groups is 2. The molecule has 20 heavy (non-hydrogen) atoms. The normalized spacial score (nSPS) is 15.7. The molecule has 3 nitrogen and oxygen atoms in total. The SMILES string of the molecule is COC(=O)CC1(CSCC(=O)c2cccc(Cl)c2)CC1. The van der Waals surface area contributed by atoms with Gasteiger partial charge in [-0.15, -0.1) is 0 Å². The molecule has 1 aromatic carbocycles. The summed E-state index contributed by atoms with van der Waals surface area (Å²) >= 11 is 7.45. The quantitative estimate of drug-likeness (QED) is 0.570. The van der Waals surface area contributed by atoms with Gasteiger partial charge in [-0.2, -0.15) is 11.8 Å². The molecule has 1 fully saturated rings. The summed E-state index contributed by atoms with van der Waals surface area (Å²) in [6, 6.07) is 6.99. The molecule has 0 aliphatic heterocycles. The summed E-state index contributed by atoms with van der Waals surface area (Å²) in [5.41, 5.74) is 0.703. The van der Waals surface area contributed by atoms with Crippen molar-refractivity contribution in [3.05, 3.63) is 34.9 Å². The van der Waals surface area contributed by atoms with E-state index in [0.29, 0.717) is 22.8 Å². The molecule has 1 aromatic rings. The predicted octanol–water partition coefficient (Wildman–Crippen LogP) is 3.60. The van der Waals surface area contributed by atoms with Crippen LogP contribution in [0.1, 0.15) is 29.6 Å². The number of ether oxygens (including phenoxy) is 1. The molecule has 0 heterocycles. The van der Waals surface area contributed by atoms with Gasteiger partial charge in [-0.05, 0) is 36.1 Å². The van der Waals surface area contributed by atoms with E-state index in [2.05, 4.69) is 0 Å². The average Bonchev–Trinajstić information content (AvgIpc) is 3.18. The molecule has 0 aromatic heterocycles. The fraction of sp³-hybridized carbons (Fsp3) is 0.467. The van der Waals surface area contributed by atoms with Crippen molar-refractivity contribution in [3.8, 4) is 0 Å². The first-order chi connectivity index (χ1) is 9.54. The minimum absolute atomic E-state index is 0.0619. The van der Waals surface area contributed by atoms with Gasteiger partial charge in [0.2, 0.25) is 0 Å². The number of carbonyl (C=O) groups excluding carboxylic acids is 2. The molecule has 1 saturated carbocycles. The molecule has 1 aliphatic rings. The standard InChI is InChI=1S/C15H17ClO3S/c1-19-14(18)8-15(5-6-15)10-20-9-13(17)11-3-2-4-12(16)7-11/h2-4,7H,5-6,8-10H2,1H3. The third kappa shape index (κ3) is 4.25. The molecule has 108 valence electrons. The van der Waals surface area contributed by atoms with Gasteiger partial charge in [0.1, 0.15) is 0 Å². The van der Waals surface area contributed by atoms with Crippen LogP contribution in [0, 0.1) is 5.41 Å². The zero-order valence-electron chi connectivity index (χ0n) is 11.4. The number of thioether (sulfide) groups is 1. The highest BCUT2D eigenvalue weighted by molar-refractivity contribution is 8.00. The highest BCUT2D eigenvalue weighted by Gasteiger charge is 2.44. The van der Waals surface area contributed by atoms with E-state index < -0.39 is 0 Å². The molecular weight excluding hydrogens is 296 g/mol. The molecule has 0 bridgehead atoms. The maximum atomic E-state index is 12.0. The molecule has 0 saturated heterocycles. The van der Waals surface area contributed by atoms with Crippen LogP contribution in [0.3, 0.4) is 0 Å². The van der Waals surface area contributed by atoms with E-state index in [4.69, 9.17) is 16.3 Å². The first-order valence-corrected chi connectivity index (χ1v) is 8.01. The van der Waals surface area contributed by atoms with E-state index in [0.717, 1.165) is 18.6 Å². The molecular formula is C15H17ClO3S. The molecule has 5 heteroatoms. The molecule has 0 amide bonds. The highest BCUT2D eigenvalue weighted by atomic mass is 35.5. The van der Waals surface area contributed by atoms with E-state index in [9.17, 15) is 9.59 Å². The van der Waals surface area contributed by atoms with Crippen LogP contribution in [0.2, 0.25) is 5.02 Å². The van der Waals surface area contributed by atoms with Gasteiger partial charge < -0.3 is 4.74 Å². The van der Waals surface area contributed by atoms with Gasteiger partial charge in [0.25, 0.3) is 0 Å². The molecule has 0 atom stereocenters. The van der Waals surface area contributed by atoms with Crippen molar-refractivity contribution in [2.75, 3.05) is 18.6 Å². The molecule has 1 aliphatic carbocycles. The zero-order valence-corrected chi connectivity index (χ0v) is 12.9. The monoisotopic (exact) mass is 312 g/mol. The number of rotatable bonds is 7. The van der Waals surface area contributed by atoms with Gasteiger partial charge >= 0.3 is 5.97 Å². The summed E-state index contributed by atoms with van der Waals surface area (Å²) in [4.78, 5) is 23.3. The predicted molar refractivity (Wildman–Crippen MR) is 81.4 cm³/mol. The number of esters is 1. The molecule has 2 rings (SSSR count). The summed E-state index contributed by atoms with van der Waals surface area (Å²) < 4.78 is 4.71. The van der Waals surface area contributed by atoms with Crippen LogP contribution < -0.4 is 0 Å². The Bertz CT molecular complexity index is 512. The Hall–Kier alpha value is -1.00. The largest absolute Gasteiger partial charge is 0.469 e. The van der Waals surface area contributed by atoms with Crippen molar-refractivity contribution in [1.82, 2.24) is 0 Å².